The molecular weight excluding hydrogens is 360 g/mol. The van der Waals surface area contributed by atoms with Gasteiger partial charge in [0.15, 0.2) is 0 Å². The van der Waals surface area contributed by atoms with Crippen LogP contribution in [-0.4, -0.2) is 17.3 Å². The highest BCUT2D eigenvalue weighted by Crippen LogP contribution is 2.44. The van der Waals surface area contributed by atoms with E-state index < -0.39 is 0 Å². The Hall–Kier alpha value is -3.79. The van der Waals surface area contributed by atoms with E-state index >= 15 is 0 Å². The van der Waals surface area contributed by atoms with Gasteiger partial charge in [0.05, 0.1) is 12.8 Å². The molecular formula is C25H20N2O2. The first kappa shape index (κ1) is 17.3. The summed E-state index contributed by atoms with van der Waals surface area (Å²) in [6.07, 6.45) is 0. The van der Waals surface area contributed by atoms with Crippen LogP contribution in [0.25, 0.3) is 44.7 Å². The van der Waals surface area contributed by atoms with Gasteiger partial charge in [0, 0.05) is 33.8 Å². The lowest BCUT2D eigenvalue weighted by atomic mass is 9.97. The van der Waals surface area contributed by atoms with Crippen LogP contribution in [0.4, 0.5) is 0 Å². The van der Waals surface area contributed by atoms with Crippen molar-refractivity contribution in [3.8, 4) is 39.5 Å². The summed E-state index contributed by atoms with van der Waals surface area (Å²) in [5.41, 5.74) is 6.80. The van der Waals surface area contributed by atoms with Gasteiger partial charge in [0.1, 0.15) is 17.1 Å². The highest BCUT2D eigenvalue weighted by atomic mass is 16.5. The van der Waals surface area contributed by atoms with E-state index in [1.807, 2.05) is 55.5 Å². The molecule has 0 aliphatic rings. The molecule has 0 saturated carbocycles. The Bertz CT molecular complexity index is 1280. The Labute approximate surface area is 168 Å². The van der Waals surface area contributed by atoms with E-state index in [1.54, 1.807) is 7.11 Å². The zero-order valence-corrected chi connectivity index (χ0v) is 16.3. The fourth-order valence-electron chi connectivity index (χ4n) is 3.73. The minimum atomic E-state index is 0.733. The van der Waals surface area contributed by atoms with Crippen LogP contribution >= 0.6 is 0 Å². The third kappa shape index (κ3) is 2.99. The number of rotatable bonds is 4. The molecule has 5 aromatic rings. The molecule has 3 aromatic carbocycles. The Balaban J connectivity index is 1.84. The van der Waals surface area contributed by atoms with Gasteiger partial charge in [-0.2, -0.15) is 5.10 Å². The van der Waals surface area contributed by atoms with Crippen molar-refractivity contribution in [2.45, 2.75) is 6.92 Å². The number of nitrogens with zero attached hydrogens (tertiary/aromatic N) is 1. The maximum Gasteiger partial charge on any atom is 0.143 e. The van der Waals surface area contributed by atoms with Gasteiger partial charge in [-0.1, -0.05) is 60.7 Å². The first-order chi connectivity index (χ1) is 14.2. The molecule has 1 N–H and O–H groups in total. The minimum absolute atomic E-state index is 0.733. The van der Waals surface area contributed by atoms with Crippen LogP contribution in [0.1, 0.15) is 5.69 Å². The molecule has 0 spiro atoms. The summed E-state index contributed by atoms with van der Waals surface area (Å²) in [7, 11) is 1.67. The van der Waals surface area contributed by atoms with E-state index in [4.69, 9.17) is 9.15 Å². The zero-order chi connectivity index (χ0) is 19.8. The van der Waals surface area contributed by atoms with Gasteiger partial charge in [-0.25, -0.2) is 0 Å². The monoisotopic (exact) mass is 380 g/mol. The number of aromatic amines is 1. The average Bonchev–Trinajstić information content (AvgIpc) is 3.37. The molecule has 0 bridgehead atoms. The zero-order valence-electron chi connectivity index (χ0n) is 16.3. The lowest BCUT2D eigenvalue weighted by Crippen LogP contribution is -1.89. The van der Waals surface area contributed by atoms with Crippen molar-refractivity contribution in [1.29, 1.82) is 0 Å². The summed E-state index contributed by atoms with van der Waals surface area (Å²) in [6, 6.07) is 26.6. The number of hydrogen-bond acceptors (Lipinski definition) is 3. The number of H-pyrrole nitrogens is 1. The summed E-state index contributed by atoms with van der Waals surface area (Å²) in [5.74, 6) is 1.58. The van der Waals surface area contributed by atoms with E-state index in [9.17, 15) is 0 Å². The van der Waals surface area contributed by atoms with Crippen LogP contribution < -0.4 is 4.74 Å². The number of aryl methyl sites for hydroxylation is 1. The first-order valence-corrected chi connectivity index (χ1v) is 9.52. The van der Waals surface area contributed by atoms with Crippen molar-refractivity contribution in [1.82, 2.24) is 10.2 Å². The number of hydrogen-bond donors (Lipinski definition) is 1. The topological polar surface area (TPSA) is 51.0 Å². The van der Waals surface area contributed by atoms with Crippen molar-refractivity contribution in [2.24, 2.45) is 0 Å². The van der Waals surface area contributed by atoms with Crippen LogP contribution in [0.5, 0.6) is 5.75 Å². The van der Waals surface area contributed by atoms with Crippen molar-refractivity contribution in [2.75, 3.05) is 7.11 Å². The number of furan rings is 1. The molecule has 0 fully saturated rings. The summed E-state index contributed by atoms with van der Waals surface area (Å²) < 4.78 is 12.0. The van der Waals surface area contributed by atoms with E-state index in [0.717, 1.165) is 56.1 Å². The molecule has 4 nitrogen and oxygen atoms in total. The molecule has 0 atom stereocenters. The largest absolute Gasteiger partial charge is 0.496 e. The lowest BCUT2D eigenvalue weighted by Gasteiger charge is -2.07. The Morgan fingerprint density at radius 2 is 1.55 bits per heavy atom. The van der Waals surface area contributed by atoms with E-state index in [1.165, 1.54) is 0 Å². The second kappa shape index (κ2) is 6.99. The number of fused-ring (bicyclic) bond motifs is 1. The van der Waals surface area contributed by atoms with Crippen molar-refractivity contribution < 1.29 is 9.15 Å². The van der Waals surface area contributed by atoms with Crippen molar-refractivity contribution >= 4 is 11.0 Å². The standard InChI is InChI=1S/C25H20N2O2/c1-16-13-21(27-26-16)19-14-20-23(15-22(19)28-2)29-25(18-11-7-4-8-12-18)24(20)17-9-5-3-6-10-17/h3-15H,1-2H3,(H,26,27). The molecule has 0 saturated heterocycles. The van der Waals surface area contributed by atoms with Crippen LogP contribution in [0, 0.1) is 6.92 Å². The maximum absolute atomic E-state index is 6.37. The Kier molecular flexibility index (Phi) is 4.17. The normalized spacial score (nSPS) is 11.1. The van der Waals surface area contributed by atoms with Gasteiger partial charge >= 0.3 is 0 Å². The SMILES string of the molecule is COc1cc2oc(-c3ccccc3)c(-c3ccccc3)c2cc1-c1cc(C)[nH]n1. The van der Waals surface area contributed by atoms with Gasteiger partial charge in [-0.3, -0.25) is 5.10 Å². The number of benzene rings is 3. The quantitative estimate of drug-likeness (QED) is 0.388. The van der Waals surface area contributed by atoms with Crippen LogP contribution in [0.3, 0.4) is 0 Å². The number of nitrogens with one attached hydrogen (secondary N) is 1. The second-order valence-corrected chi connectivity index (χ2v) is 7.02. The van der Waals surface area contributed by atoms with Crippen molar-refractivity contribution in [3.05, 3.63) is 84.6 Å². The molecule has 4 heteroatoms. The first-order valence-electron chi connectivity index (χ1n) is 9.52. The highest BCUT2D eigenvalue weighted by molar-refractivity contribution is 6.04. The third-order valence-electron chi connectivity index (χ3n) is 5.09. The molecule has 5 rings (SSSR count). The molecule has 2 heterocycles. The molecule has 0 amide bonds. The summed E-state index contributed by atoms with van der Waals surface area (Å²) in [5, 5.41) is 8.48. The fourth-order valence-corrected chi connectivity index (χ4v) is 3.73. The van der Waals surface area contributed by atoms with E-state index in [2.05, 4.69) is 40.5 Å². The van der Waals surface area contributed by atoms with Gasteiger partial charge in [-0.05, 0) is 24.6 Å². The molecule has 142 valence electrons. The summed E-state index contributed by atoms with van der Waals surface area (Å²) >= 11 is 0. The molecule has 29 heavy (non-hydrogen) atoms. The summed E-state index contributed by atoms with van der Waals surface area (Å²) in [4.78, 5) is 0. The number of methoxy groups -OCH3 is 1. The maximum atomic E-state index is 6.37. The third-order valence-corrected chi connectivity index (χ3v) is 5.09. The van der Waals surface area contributed by atoms with Gasteiger partial charge in [0.25, 0.3) is 0 Å². The summed E-state index contributed by atoms with van der Waals surface area (Å²) in [6.45, 7) is 1.99. The molecule has 0 aliphatic heterocycles. The van der Waals surface area contributed by atoms with Crippen LogP contribution in [0.15, 0.2) is 83.3 Å². The molecule has 0 aliphatic carbocycles. The van der Waals surface area contributed by atoms with E-state index in [-0.39, 0.29) is 0 Å². The minimum Gasteiger partial charge on any atom is -0.496 e. The van der Waals surface area contributed by atoms with Gasteiger partial charge < -0.3 is 9.15 Å². The second-order valence-electron chi connectivity index (χ2n) is 7.02. The smallest absolute Gasteiger partial charge is 0.143 e. The number of aromatic nitrogens is 2. The lowest BCUT2D eigenvalue weighted by molar-refractivity contribution is 0.416. The van der Waals surface area contributed by atoms with Gasteiger partial charge in [-0.15, -0.1) is 0 Å². The van der Waals surface area contributed by atoms with Crippen LogP contribution in [0.2, 0.25) is 0 Å². The predicted octanol–water partition coefficient (Wildman–Crippen LogP) is 6.47. The fraction of sp³-hybridized carbons (Fsp3) is 0.0800. The molecule has 0 unspecified atom stereocenters. The highest BCUT2D eigenvalue weighted by Gasteiger charge is 2.21. The predicted molar refractivity (Wildman–Crippen MR) is 116 cm³/mol. The Morgan fingerprint density at radius 1 is 0.862 bits per heavy atom. The molecule has 0 radical (unpaired) electrons. The molecule has 2 aromatic heterocycles. The average molecular weight is 380 g/mol. The van der Waals surface area contributed by atoms with E-state index in [0.29, 0.717) is 0 Å². The Morgan fingerprint density at radius 3 is 2.17 bits per heavy atom. The van der Waals surface area contributed by atoms with Crippen LogP contribution in [-0.2, 0) is 0 Å². The number of ether oxygens (including phenoxy) is 1. The van der Waals surface area contributed by atoms with Crippen molar-refractivity contribution in [3.63, 3.8) is 0 Å². The van der Waals surface area contributed by atoms with Gasteiger partial charge in [0.2, 0.25) is 0 Å².